The summed E-state index contributed by atoms with van der Waals surface area (Å²) in [7, 11) is 0. The van der Waals surface area contributed by atoms with Gasteiger partial charge in [0.15, 0.2) is 11.6 Å². The average Bonchev–Trinajstić information content (AvgIpc) is 2.68. The maximum Gasteiger partial charge on any atom is 0.229 e. The van der Waals surface area contributed by atoms with Crippen molar-refractivity contribution in [2.45, 2.75) is 52.5 Å². The van der Waals surface area contributed by atoms with Crippen LogP contribution in [-0.4, -0.2) is 28.7 Å². The van der Waals surface area contributed by atoms with Crippen molar-refractivity contribution in [3.05, 3.63) is 41.7 Å². The van der Waals surface area contributed by atoms with Gasteiger partial charge >= 0.3 is 0 Å². The third-order valence-corrected chi connectivity index (χ3v) is 5.97. The minimum atomic E-state index is -1.25. The van der Waals surface area contributed by atoms with Gasteiger partial charge in [0, 0.05) is 30.1 Å². The van der Waals surface area contributed by atoms with Crippen LogP contribution >= 0.6 is 0 Å². The molecule has 0 spiro atoms. The standard InChI is InChI=1S/C22H31FN2O4S/c1-15(2)14-29-20-13-18(8-10-19(20)23)16(3)25-30(28)12-6-4-5-7-17-9-11-21(26)24-22(17)27/h4-5,8,10,13,15-17,25H,6-7,9,11-12,14H2,1-3H3,(H,24,26,27)/b5-4+/t16-,17?,30?/m1/s1. The van der Waals surface area contributed by atoms with E-state index in [0.29, 0.717) is 44.0 Å². The summed E-state index contributed by atoms with van der Waals surface area (Å²) in [5.74, 6) is -0.0894. The zero-order chi connectivity index (χ0) is 22.1. The summed E-state index contributed by atoms with van der Waals surface area (Å²) in [6.45, 7) is 6.29. The van der Waals surface area contributed by atoms with Crippen LogP contribution in [0.4, 0.5) is 4.39 Å². The molecular formula is C22H31FN2O4S. The first-order valence-corrected chi connectivity index (χ1v) is 11.6. The van der Waals surface area contributed by atoms with Crippen molar-refractivity contribution in [3.8, 4) is 5.75 Å². The minimum Gasteiger partial charge on any atom is -0.598 e. The smallest absolute Gasteiger partial charge is 0.229 e. The average molecular weight is 439 g/mol. The number of benzene rings is 1. The predicted octanol–water partition coefficient (Wildman–Crippen LogP) is 3.56. The van der Waals surface area contributed by atoms with Gasteiger partial charge in [-0.05, 0) is 43.4 Å². The first-order chi connectivity index (χ1) is 14.3. The summed E-state index contributed by atoms with van der Waals surface area (Å²) in [6.07, 6.45) is 5.93. The fourth-order valence-electron chi connectivity index (χ4n) is 3.00. The Hall–Kier alpha value is -1.90. The predicted molar refractivity (Wildman–Crippen MR) is 116 cm³/mol. The number of piperidine rings is 1. The van der Waals surface area contributed by atoms with Crippen LogP contribution in [0.2, 0.25) is 0 Å². The number of imide groups is 1. The molecule has 0 aliphatic carbocycles. The quantitative estimate of drug-likeness (QED) is 0.313. The van der Waals surface area contributed by atoms with Crippen LogP contribution in [0.25, 0.3) is 0 Å². The first kappa shape index (κ1) is 24.4. The van der Waals surface area contributed by atoms with Gasteiger partial charge in [0.2, 0.25) is 11.8 Å². The van der Waals surface area contributed by atoms with Crippen molar-refractivity contribution in [3.63, 3.8) is 0 Å². The number of nitrogens with one attached hydrogen (secondary N) is 2. The Balaban J connectivity index is 1.75. The Kier molecular flexibility index (Phi) is 9.81. The lowest BCUT2D eigenvalue weighted by molar-refractivity contribution is -0.136. The van der Waals surface area contributed by atoms with E-state index in [2.05, 4.69) is 10.0 Å². The van der Waals surface area contributed by atoms with Gasteiger partial charge in [0.25, 0.3) is 0 Å². The summed E-state index contributed by atoms with van der Waals surface area (Å²) in [4.78, 5) is 22.8. The number of carbonyl (C=O) groups excluding carboxylic acids is 2. The number of hydrogen-bond acceptors (Lipinski definition) is 5. The number of ether oxygens (including phenoxy) is 1. The minimum absolute atomic E-state index is 0.173. The molecule has 1 aliphatic rings. The number of amides is 2. The summed E-state index contributed by atoms with van der Waals surface area (Å²) in [5, 5.41) is 2.34. The molecule has 1 heterocycles. The van der Waals surface area contributed by atoms with Crippen LogP contribution in [0.5, 0.6) is 5.75 Å². The van der Waals surface area contributed by atoms with Crippen molar-refractivity contribution in [2.75, 3.05) is 12.4 Å². The van der Waals surface area contributed by atoms with E-state index in [-0.39, 0.29) is 29.5 Å². The highest BCUT2D eigenvalue weighted by molar-refractivity contribution is 7.89. The van der Waals surface area contributed by atoms with E-state index in [1.165, 1.54) is 6.07 Å². The fraction of sp³-hybridized carbons (Fsp3) is 0.545. The van der Waals surface area contributed by atoms with E-state index in [0.717, 1.165) is 5.56 Å². The maximum atomic E-state index is 13.9. The second-order valence-electron chi connectivity index (χ2n) is 7.93. The van der Waals surface area contributed by atoms with E-state index in [9.17, 15) is 18.5 Å². The highest BCUT2D eigenvalue weighted by Gasteiger charge is 2.25. The molecule has 1 aliphatic heterocycles. The molecule has 1 aromatic carbocycles. The molecule has 3 atom stereocenters. The summed E-state index contributed by atoms with van der Waals surface area (Å²) in [6, 6.07) is 4.45. The van der Waals surface area contributed by atoms with Crippen molar-refractivity contribution < 1.29 is 23.3 Å². The maximum absolute atomic E-state index is 13.9. The number of halogens is 1. The van der Waals surface area contributed by atoms with Gasteiger partial charge in [0.05, 0.1) is 12.6 Å². The number of hydrogen-bond donors (Lipinski definition) is 2. The molecule has 0 aromatic heterocycles. The zero-order valence-electron chi connectivity index (χ0n) is 17.8. The summed E-state index contributed by atoms with van der Waals surface area (Å²) >= 11 is -1.25. The molecule has 2 amide bonds. The Bertz CT molecular complexity index is 757. The van der Waals surface area contributed by atoms with E-state index in [1.807, 2.05) is 32.9 Å². The zero-order valence-corrected chi connectivity index (χ0v) is 18.6. The highest BCUT2D eigenvalue weighted by atomic mass is 32.2. The molecule has 30 heavy (non-hydrogen) atoms. The van der Waals surface area contributed by atoms with Gasteiger partial charge < -0.3 is 9.29 Å². The second kappa shape index (κ2) is 12.1. The summed E-state index contributed by atoms with van der Waals surface area (Å²) < 4.78 is 34.7. The largest absolute Gasteiger partial charge is 0.598 e. The number of allylic oxidation sites excluding steroid dienone is 2. The molecule has 1 aromatic rings. The van der Waals surface area contributed by atoms with Crippen LogP contribution in [0.15, 0.2) is 30.4 Å². The molecule has 6 nitrogen and oxygen atoms in total. The lowest BCUT2D eigenvalue weighted by Gasteiger charge is -2.19. The molecular weight excluding hydrogens is 407 g/mol. The molecule has 1 saturated heterocycles. The molecule has 0 bridgehead atoms. The molecule has 2 N–H and O–H groups in total. The highest BCUT2D eigenvalue weighted by Crippen LogP contribution is 2.24. The second-order valence-corrected chi connectivity index (χ2v) is 9.26. The van der Waals surface area contributed by atoms with Crippen LogP contribution < -0.4 is 14.8 Å². The van der Waals surface area contributed by atoms with Crippen molar-refractivity contribution >= 4 is 23.2 Å². The van der Waals surface area contributed by atoms with Gasteiger partial charge in [-0.25, -0.2) is 4.39 Å². The summed E-state index contributed by atoms with van der Waals surface area (Å²) in [5.41, 5.74) is 0.803. The molecule has 0 radical (unpaired) electrons. The number of rotatable bonds is 11. The normalized spacial score (nSPS) is 19.2. The van der Waals surface area contributed by atoms with Crippen LogP contribution in [-0.2, 0) is 21.0 Å². The van der Waals surface area contributed by atoms with E-state index in [1.54, 1.807) is 12.1 Å². The molecule has 1 fully saturated rings. The van der Waals surface area contributed by atoms with Gasteiger partial charge in [-0.15, -0.1) is 4.72 Å². The number of carbonyl (C=O) groups is 2. The van der Waals surface area contributed by atoms with Crippen LogP contribution in [0.1, 0.15) is 58.1 Å². The third kappa shape index (κ3) is 8.08. The van der Waals surface area contributed by atoms with Crippen molar-refractivity contribution in [1.82, 2.24) is 10.0 Å². The lowest BCUT2D eigenvalue weighted by Crippen LogP contribution is -2.40. The molecule has 2 unspecified atom stereocenters. The fourth-order valence-corrected chi connectivity index (χ4v) is 4.00. The van der Waals surface area contributed by atoms with Crippen molar-refractivity contribution in [1.29, 1.82) is 0 Å². The third-order valence-electron chi connectivity index (χ3n) is 4.75. The Labute approximate surface area is 181 Å². The van der Waals surface area contributed by atoms with E-state index in [4.69, 9.17) is 4.74 Å². The van der Waals surface area contributed by atoms with Gasteiger partial charge in [0.1, 0.15) is 5.75 Å². The Morgan fingerprint density at radius 1 is 1.33 bits per heavy atom. The molecule has 0 saturated carbocycles. The topological polar surface area (TPSA) is 90.5 Å². The van der Waals surface area contributed by atoms with Crippen LogP contribution in [0.3, 0.4) is 0 Å². The van der Waals surface area contributed by atoms with Crippen LogP contribution in [0, 0.1) is 17.7 Å². The first-order valence-electron chi connectivity index (χ1n) is 10.3. The van der Waals surface area contributed by atoms with Gasteiger partial charge in [-0.1, -0.05) is 32.1 Å². The Morgan fingerprint density at radius 2 is 2.10 bits per heavy atom. The monoisotopic (exact) mass is 438 g/mol. The van der Waals surface area contributed by atoms with Gasteiger partial charge in [-0.3, -0.25) is 14.9 Å². The van der Waals surface area contributed by atoms with E-state index >= 15 is 0 Å². The molecule has 166 valence electrons. The lowest BCUT2D eigenvalue weighted by atomic mass is 9.95. The van der Waals surface area contributed by atoms with Crippen molar-refractivity contribution in [2.24, 2.45) is 11.8 Å². The SMILES string of the molecule is CC(C)COc1cc([C@@H](C)N[S+]([O-])CC/C=C/CC2CCC(=O)NC2=O)ccc1F. The molecule has 2 rings (SSSR count). The van der Waals surface area contributed by atoms with E-state index < -0.39 is 17.2 Å². The van der Waals surface area contributed by atoms with Gasteiger partial charge in [-0.2, -0.15) is 0 Å². The molecule has 8 heteroatoms. The Morgan fingerprint density at radius 3 is 2.80 bits per heavy atom.